The topological polar surface area (TPSA) is 147 Å². The molecule has 0 aliphatic carbocycles. The number of hydrogen-bond acceptors (Lipinski definition) is 8. The molecule has 266 valence electrons. The molecule has 3 amide bonds. The Balaban J connectivity index is 0.000000244. The Morgan fingerprint density at radius 1 is 1.06 bits per heavy atom. The standard InChI is InChI=1S/C19H19F3N6O2.C16H22N2O2/c1-2-27-16(24-13-6-4-3-5-7-13)12(11-23)10-15(18(27)30)25-17(29)14-8-9-28(26-14)19(20,21)22;1-2-15(13-18-8-10-20-11-9-18)16(19)17-12-14-6-4-3-5-7-14/h3-9,11,15H,2,10,23H2,1H3,(H,25,29);2-7H,8-13H2,1H3,(H,17,19)/b12-11-,24-16?;15-2+. The summed E-state index contributed by atoms with van der Waals surface area (Å²) < 4.78 is 43.1. The number of para-hydroxylation sites is 1. The molecule has 2 fully saturated rings. The minimum atomic E-state index is -4.74. The predicted octanol–water partition coefficient (Wildman–Crippen LogP) is 3.86. The van der Waals surface area contributed by atoms with E-state index < -0.39 is 29.9 Å². The molecule has 1 atom stereocenters. The number of carbonyl (C=O) groups excluding carboxylic acids is 3. The first-order chi connectivity index (χ1) is 24.0. The highest BCUT2D eigenvalue weighted by atomic mass is 19.4. The summed E-state index contributed by atoms with van der Waals surface area (Å²) in [6.07, 6.45) is -0.865. The SMILES string of the molecule is C/C=C(\CN1CCOCC1)C(=O)NCc1ccccc1.CCN1C(=O)C(NC(=O)c2ccn(C(F)(F)F)n2)C/C(=C/N)C1=Nc1ccccc1. The van der Waals surface area contributed by atoms with Gasteiger partial charge in [-0.2, -0.15) is 9.78 Å². The number of halogens is 3. The van der Waals surface area contributed by atoms with E-state index in [4.69, 9.17) is 10.5 Å². The zero-order chi connectivity index (χ0) is 36.1. The van der Waals surface area contributed by atoms with Gasteiger partial charge >= 0.3 is 6.30 Å². The van der Waals surface area contributed by atoms with Crippen molar-refractivity contribution in [1.82, 2.24) is 30.2 Å². The third kappa shape index (κ3) is 10.4. The Kier molecular flexibility index (Phi) is 13.5. The number of alkyl halides is 3. The Morgan fingerprint density at radius 3 is 2.30 bits per heavy atom. The van der Waals surface area contributed by atoms with Crippen LogP contribution in [0.25, 0.3) is 0 Å². The summed E-state index contributed by atoms with van der Waals surface area (Å²) in [5.74, 6) is -0.959. The molecule has 50 heavy (non-hydrogen) atoms. The van der Waals surface area contributed by atoms with Crippen molar-refractivity contribution in [2.24, 2.45) is 10.7 Å². The van der Waals surface area contributed by atoms with Crippen LogP contribution in [-0.4, -0.2) is 88.6 Å². The van der Waals surface area contributed by atoms with Crippen molar-refractivity contribution in [2.75, 3.05) is 39.4 Å². The van der Waals surface area contributed by atoms with Crippen molar-refractivity contribution >= 4 is 29.2 Å². The number of nitrogens with zero attached hydrogens (tertiary/aromatic N) is 5. The predicted molar refractivity (Wildman–Crippen MR) is 182 cm³/mol. The van der Waals surface area contributed by atoms with Gasteiger partial charge in [0.2, 0.25) is 5.91 Å². The number of ether oxygens (including phenoxy) is 1. The molecule has 0 saturated carbocycles. The van der Waals surface area contributed by atoms with Crippen LogP contribution in [0.2, 0.25) is 0 Å². The number of amides is 3. The largest absolute Gasteiger partial charge is 0.504 e. The van der Waals surface area contributed by atoms with Gasteiger partial charge in [0.05, 0.1) is 18.9 Å². The van der Waals surface area contributed by atoms with E-state index in [1.54, 1.807) is 31.2 Å². The van der Waals surface area contributed by atoms with Crippen LogP contribution < -0.4 is 16.4 Å². The number of aromatic nitrogens is 2. The number of amidine groups is 1. The number of likely N-dealkylation sites (N-methyl/N-ethyl adjacent to an activating group) is 1. The Labute approximate surface area is 288 Å². The molecule has 3 aromatic rings. The molecule has 1 unspecified atom stereocenters. The Morgan fingerprint density at radius 2 is 1.72 bits per heavy atom. The minimum Gasteiger partial charge on any atom is -0.404 e. The minimum absolute atomic E-state index is 0.0165. The number of carbonyl (C=O) groups is 3. The molecule has 2 aliphatic heterocycles. The van der Waals surface area contributed by atoms with Crippen LogP contribution in [0.3, 0.4) is 0 Å². The summed E-state index contributed by atoms with van der Waals surface area (Å²) in [5.41, 5.74) is 8.36. The zero-order valence-electron chi connectivity index (χ0n) is 27.9. The number of aliphatic imine (C=N–C) groups is 1. The molecule has 4 N–H and O–H groups in total. The second-order valence-electron chi connectivity index (χ2n) is 11.3. The monoisotopic (exact) mass is 694 g/mol. The number of nitrogens with two attached hydrogens (primary N) is 1. The molecule has 1 aromatic heterocycles. The second kappa shape index (κ2) is 17.9. The van der Waals surface area contributed by atoms with Crippen molar-refractivity contribution in [1.29, 1.82) is 0 Å². The Hall–Kier alpha value is -5.28. The van der Waals surface area contributed by atoms with Crippen LogP contribution in [0.5, 0.6) is 0 Å². The lowest BCUT2D eigenvalue weighted by Gasteiger charge is -2.34. The molecule has 0 bridgehead atoms. The highest BCUT2D eigenvalue weighted by Crippen LogP contribution is 2.24. The van der Waals surface area contributed by atoms with E-state index >= 15 is 0 Å². The number of morpholine rings is 1. The number of allylic oxidation sites excluding steroid dienone is 1. The number of nitrogens with one attached hydrogen (secondary N) is 2. The fraction of sp³-hybridized carbons (Fsp3) is 0.343. The van der Waals surface area contributed by atoms with Crippen LogP contribution in [-0.2, 0) is 27.2 Å². The smallest absolute Gasteiger partial charge is 0.404 e. The van der Waals surface area contributed by atoms with Gasteiger partial charge in [0.25, 0.3) is 11.8 Å². The maximum atomic E-state index is 12.9. The van der Waals surface area contributed by atoms with Gasteiger partial charge in [-0.05, 0) is 37.6 Å². The van der Waals surface area contributed by atoms with Crippen molar-refractivity contribution in [2.45, 2.75) is 39.2 Å². The highest BCUT2D eigenvalue weighted by molar-refractivity contribution is 6.13. The van der Waals surface area contributed by atoms with E-state index in [9.17, 15) is 27.6 Å². The lowest BCUT2D eigenvalue weighted by molar-refractivity contribution is -0.212. The molecule has 0 spiro atoms. The quantitative estimate of drug-likeness (QED) is 0.288. The summed E-state index contributed by atoms with van der Waals surface area (Å²) in [7, 11) is 0. The first-order valence-corrected chi connectivity index (χ1v) is 16.1. The molecule has 2 aliphatic rings. The second-order valence-corrected chi connectivity index (χ2v) is 11.3. The maximum absolute atomic E-state index is 12.9. The van der Waals surface area contributed by atoms with Gasteiger partial charge < -0.3 is 21.1 Å². The molecule has 15 heteroatoms. The van der Waals surface area contributed by atoms with Gasteiger partial charge in [0.1, 0.15) is 17.6 Å². The van der Waals surface area contributed by atoms with Crippen molar-refractivity contribution in [3.63, 3.8) is 0 Å². The lowest BCUT2D eigenvalue weighted by Crippen LogP contribution is -2.55. The maximum Gasteiger partial charge on any atom is 0.504 e. The summed E-state index contributed by atoms with van der Waals surface area (Å²) in [6, 6.07) is 18.8. The van der Waals surface area contributed by atoms with Gasteiger partial charge in [0.15, 0.2) is 0 Å². The third-order valence-electron chi connectivity index (χ3n) is 7.86. The summed E-state index contributed by atoms with van der Waals surface area (Å²) in [4.78, 5) is 45.6. The van der Waals surface area contributed by atoms with Crippen molar-refractivity contribution in [3.05, 3.63) is 108 Å². The van der Waals surface area contributed by atoms with E-state index in [1.165, 1.54) is 11.1 Å². The van der Waals surface area contributed by atoms with E-state index in [0.717, 1.165) is 43.5 Å². The zero-order valence-corrected chi connectivity index (χ0v) is 27.9. The average Bonchev–Trinajstić information content (AvgIpc) is 3.64. The first kappa shape index (κ1) is 37.5. The van der Waals surface area contributed by atoms with Gasteiger partial charge in [0, 0.05) is 62.7 Å². The fourth-order valence-corrected chi connectivity index (χ4v) is 5.19. The normalized spacial score (nSPS) is 18.8. The lowest BCUT2D eigenvalue weighted by atomic mass is 9.98. The van der Waals surface area contributed by atoms with E-state index in [0.29, 0.717) is 36.4 Å². The van der Waals surface area contributed by atoms with Crippen molar-refractivity contribution < 1.29 is 32.3 Å². The molecule has 5 rings (SSSR count). The number of likely N-dealkylation sites (tertiary alicyclic amines) is 1. The van der Waals surface area contributed by atoms with Crippen LogP contribution in [0.15, 0.2) is 101 Å². The summed E-state index contributed by atoms with van der Waals surface area (Å²) in [6.45, 7) is 8.47. The molecular weight excluding hydrogens is 653 g/mol. The van der Waals surface area contributed by atoms with Crippen LogP contribution in [0.1, 0.15) is 36.3 Å². The number of benzene rings is 2. The number of rotatable bonds is 9. The van der Waals surface area contributed by atoms with Gasteiger partial charge in [-0.1, -0.05) is 54.6 Å². The van der Waals surface area contributed by atoms with Crippen molar-refractivity contribution in [3.8, 4) is 0 Å². The average molecular weight is 695 g/mol. The molecule has 2 aromatic carbocycles. The van der Waals surface area contributed by atoms with Crippen LogP contribution >= 0.6 is 0 Å². The molecule has 2 saturated heterocycles. The first-order valence-electron chi connectivity index (χ1n) is 16.1. The van der Waals surface area contributed by atoms with Gasteiger partial charge in [-0.3, -0.25) is 24.2 Å². The van der Waals surface area contributed by atoms with Crippen LogP contribution in [0.4, 0.5) is 18.9 Å². The van der Waals surface area contributed by atoms with E-state index in [-0.39, 0.29) is 23.6 Å². The Bertz CT molecular complexity index is 1680. The van der Waals surface area contributed by atoms with Gasteiger partial charge in [-0.25, -0.2) is 4.99 Å². The fourth-order valence-electron chi connectivity index (χ4n) is 5.19. The third-order valence-corrected chi connectivity index (χ3v) is 7.86. The number of piperidine rings is 1. The van der Waals surface area contributed by atoms with E-state index in [2.05, 4.69) is 25.6 Å². The van der Waals surface area contributed by atoms with Crippen LogP contribution in [0, 0.1) is 0 Å². The van der Waals surface area contributed by atoms with E-state index in [1.807, 2.05) is 49.4 Å². The summed E-state index contributed by atoms with van der Waals surface area (Å²) >= 11 is 0. The molecule has 3 heterocycles. The highest BCUT2D eigenvalue weighted by Gasteiger charge is 2.37. The van der Waals surface area contributed by atoms with Gasteiger partial charge in [-0.15, -0.1) is 13.2 Å². The molecule has 12 nitrogen and oxygen atoms in total. The number of hydrogen-bond donors (Lipinski definition) is 3. The molecule has 0 radical (unpaired) electrons. The summed E-state index contributed by atoms with van der Waals surface area (Å²) in [5, 5.41) is 8.63. The molecular formula is C35H41F3N8O4.